The molecule has 0 radical (unpaired) electrons. The highest BCUT2D eigenvalue weighted by atomic mass is 16.2. The Bertz CT molecular complexity index is 2260. The number of nitrogens with zero attached hydrogens (tertiary/aromatic N) is 4. The zero-order valence-electron chi connectivity index (χ0n) is 41.2. The molecule has 9 atom stereocenters. The lowest BCUT2D eigenvalue weighted by molar-refractivity contribution is -0.156. The maximum atomic E-state index is 15.5. The van der Waals surface area contributed by atoms with Gasteiger partial charge in [-0.15, -0.1) is 0 Å². The van der Waals surface area contributed by atoms with Crippen molar-refractivity contribution in [2.45, 2.75) is 236 Å². The van der Waals surface area contributed by atoms with Crippen LogP contribution in [0.4, 0.5) is 0 Å². The third-order valence-corrected chi connectivity index (χ3v) is 19.8. The highest BCUT2D eigenvalue weighted by Gasteiger charge is 2.69. The van der Waals surface area contributed by atoms with Crippen molar-refractivity contribution in [2.75, 3.05) is 0 Å². The van der Waals surface area contributed by atoms with E-state index in [0.29, 0.717) is 44.9 Å². The maximum Gasteiger partial charge on any atom is 0.233 e. The van der Waals surface area contributed by atoms with E-state index in [9.17, 15) is 9.59 Å². The normalized spacial score (nSPS) is 38.8. The molecule has 7 aliphatic heterocycles. The minimum absolute atomic E-state index is 0.0107. The van der Waals surface area contributed by atoms with Crippen LogP contribution >= 0.6 is 0 Å². The quantitative estimate of drug-likeness (QED) is 0.187. The lowest BCUT2D eigenvalue weighted by atomic mass is 9.72. The topological polar surface area (TPSA) is 150 Å². The summed E-state index contributed by atoms with van der Waals surface area (Å²) in [4.78, 5) is 127. The summed E-state index contributed by atoms with van der Waals surface area (Å²) in [5.41, 5.74) is 8.93. The van der Waals surface area contributed by atoms with E-state index in [1.807, 2.05) is 0 Å². The van der Waals surface area contributed by atoms with E-state index in [4.69, 9.17) is 0 Å². The average molecular weight is 945 g/mol. The van der Waals surface area contributed by atoms with Crippen LogP contribution < -0.4 is 0 Å². The van der Waals surface area contributed by atoms with Gasteiger partial charge in [-0.1, -0.05) is 78.4 Å². The van der Waals surface area contributed by atoms with Crippen LogP contribution in [-0.2, 0) is 38.4 Å². The van der Waals surface area contributed by atoms with E-state index in [-0.39, 0.29) is 67.0 Å². The van der Waals surface area contributed by atoms with Gasteiger partial charge < -0.3 is 0 Å². The van der Waals surface area contributed by atoms with Crippen LogP contribution in [0.1, 0.15) is 212 Å². The van der Waals surface area contributed by atoms with Crippen LogP contribution in [-0.4, -0.2) is 91.0 Å². The second kappa shape index (κ2) is 19.8. The molecule has 69 heavy (non-hydrogen) atoms. The van der Waals surface area contributed by atoms with Gasteiger partial charge in [0.05, 0.1) is 24.2 Å². The molecular weight excluding hydrogens is 869 g/mol. The molecule has 6 saturated heterocycles. The molecule has 12 nitrogen and oxygen atoms in total. The third-order valence-electron chi connectivity index (χ3n) is 19.8. The number of allylic oxidation sites excluding steroid dienone is 6. The van der Waals surface area contributed by atoms with E-state index >= 15 is 28.8 Å². The van der Waals surface area contributed by atoms with Gasteiger partial charge in [0.15, 0.2) is 0 Å². The minimum Gasteiger partial charge on any atom is -0.277 e. The standard InChI is InChI=1S/C57H76N4O8/c62-45-30-41-17-8-3-1-6-15-35-19-12-20-43-32-47(64)60(56(43)68)52-50(58(45)54(41)66)49(38-24-21-37(22-25-38)34-13-10-5-11-14-34)51-53(52)61-48(65)33-44(57(61)69)28-23-36(40-27-26-39(35)29-40)16-7-2-4-9-18-42-31-46(63)59(51)55(42)67/h38,41-44,49-53H,1-33H2/b39-35-,40-36+. The molecule has 0 aromatic carbocycles. The fourth-order valence-corrected chi connectivity index (χ4v) is 16.3. The number of fused-ring (bicyclic) bond motifs is 13. The lowest BCUT2D eigenvalue weighted by Crippen LogP contribution is -2.63. The van der Waals surface area contributed by atoms with E-state index in [0.717, 1.165) is 122 Å². The molecule has 14 bridgehead atoms. The van der Waals surface area contributed by atoms with Crippen molar-refractivity contribution < 1.29 is 38.4 Å². The van der Waals surface area contributed by atoms with Gasteiger partial charge in [-0.3, -0.25) is 58.0 Å². The minimum atomic E-state index is -1.29. The van der Waals surface area contributed by atoms with Crippen LogP contribution in [0.5, 0.6) is 0 Å². The largest absolute Gasteiger partial charge is 0.277 e. The molecule has 11 aliphatic rings. The number of hydrogen-bond acceptors (Lipinski definition) is 8. The number of rotatable bonds is 1. The van der Waals surface area contributed by atoms with Crippen molar-refractivity contribution >= 4 is 47.3 Å². The summed E-state index contributed by atoms with van der Waals surface area (Å²) in [6.45, 7) is 0. The third kappa shape index (κ3) is 8.65. The molecule has 7 heterocycles. The van der Waals surface area contributed by atoms with Crippen molar-refractivity contribution in [2.24, 2.45) is 35.5 Å². The Morgan fingerprint density at radius 2 is 0.594 bits per heavy atom. The number of imide groups is 4. The van der Waals surface area contributed by atoms with E-state index in [1.165, 1.54) is 72.3 Å². The Morgan fingerprint density at radius 1 is 0.275 bits per heavy atom. The number of carbonyl (C=O) groups is 8. The first-order valence-electron chi connectivity index (χ1n) is 28.1. The fraction of sp³-hybridized carbons (Fsp3) is 0.754. The van der Waals surface area contributed by atoms with Crippen LogP contribution in [0.25, 0.3) is 0 Å². The van der Waals surface area contributed by atoms with Crippen molar-refractivity contribution in [3.8, 4) is 0 Å². The van der Waals surface area contributed by atoms with Crippen molar-refractivity contribution in [1.29, 1.82) is 0 Å². The van der Waals surface area contributed by atoms with Gasteiger partial charge in [-0.05, 0) is 147 Å². The Hall–Kier alpha value is -4.22. The summed E-state index contributed by atoms with van der Waals surface area (Å²) in [5, 5.41) is 0. The highest BCUT2D eigenvalue weighted by molar-refractivity contribution is 6.09. The molecule has 0 N–H and O–H groups in total. The second-order valence-corrected chi connectivity index (χ2v) is 23.6. The summed E-state index contributed by atoms with van der Waals surface area (Å²) >= 11 is 0. The predicted molar refractivity (Wildman–Crippen MR) is 257 cm³/mol. The Kier molecular flexibility index (Phi) is 13.5. The Labute approximate surface area is 408 Å². The molecule has 0 aromatic rings. The first-order valence-corrected chi connectivity index (χ1v) is 28.1. The Balaban J connectivity index is 1.12. The van der Waals surface area contributed by atoms with Gasteiger partial charge in [-0.25, -0.2) is 0 Å². The first kappa shape index (κ1) is 47.1. The van der Waals surface area contributed by atoms with Gasteiger partial charge in [-0.2, -0.15) is 0 Å². The van der Waals surface area contributed by atoms with Crippen molar-refractivity contribution in [1.82, 2.24) is 19.6 Å². The smallest absolute Gasteiger partial charge is 0.233 e. The SMILES string of the molecule is O=C1CC2CCCCCC/C3=C4\CC/C(=C5/CCCCCCC6CC(=O)N(C6=O)C6C(C7CCC(=C8CCCCC8)CC7)C(C(C6N6C(=O)CC(CC5)C6=O)N5C(=O)CC(CCC3)C5=O)N1C2=O)C4. The molecular formula is C57H76N4O8. The zero-order chi connectivity index (χ0) is 47.5. The summed E-state index contributed by atoms with van der Waals surface area (Å²) in [6.07, 6.45) is 25.6. The van der Waals surface area contributed by atoms with Crippen LogP contribution in [0, 0.1) is 35.5 Å². The number of amides is 8. The molecule has 4 saturated carbocycles. The number of hydrogen-bond donors (Lipinski definition) is 0. The maximum absolute atomic E-state index is 15.5. The van der Waals surface area contributed by atoms with Gasteiger partial charge in [0.2, 0.25) is 47.3 Å². The molecule has 9 unspecified atom stereocenters. The van der Waals surface area contributed by atoms with E-state index in [2.05, 4.69) is 0 Å². The van der Waals surface area contributed by atoms with Gasteiger partial charge in [0.25, 0.3) is 0 Å². The van der Waals surface area contributed by atoms with E-state index in [1.54, 1.807) is 0 Å². The van der Waals surface area contributed by atoms with Gasteiger partial charge in [0.1, 0.15) is 0 Å². The average Bonchev–Trinajstić information content (AvgIpc) is 4.18. The van der Waals surface area contributed by atoms with Crippen LogP contribution in [0.3, 0.4) is 0 Å². The predicted octanol–water partition coefficient (Wildman–Crippen LogP) is 9.49. The summed E-state index contributed by atoms with van der Waals surface area (Å²) in [7, 11) is 0. The molecule has 10 fully saturated rings. The molecule has 4 aliphatic carbocycles. The summed E-state index contributed by atoms with van der Waals surface area (Å²) in [5.74, 6) is -6.44. The van der Waals surface area contributed by atoms with Crippen LogP contribution in [0.15, 0.2) is 33.4 Å². The molecule has 12 heteroatoms. The second-order valence-electron chi connectivity index (χ2n) is 23.6. The molecule has 372 valence electrons. The summed E-state index contributed by atoms with van der Waals surface area (Å²) < 4.78 is 0. The van der Waals surface area contributed by atoms with E-state index < -0.39 is 65.6 Å². The summed E-state index contributed by atoms with van der Waals surface area (Å²) in [6, 6.07) is -4.79. The molecule has 0 aromatic heterocycles. The number of carbonyl (C=O) groups excluding carboxylic acids is 8. The van der Waals surface area contributed by atoms with Crippen molar-refractivity contribution in [3.63, 3.8) is 0 Å². The van der Waals surface area contributed by atoms with Gasteiger partial charge in [0, 0.05) is 55.3 Å². The highest BCUT2D eigenvalue weighted by Crippen LogP contribution is 2.54. The monoisotopic (exact) mass is 945 g/mol. The zero-order valence-corrected chi connectivity index (χ0v) is 41.2. The first-order chi connectivity index (χ1) is 33.6. The van der Waals surface area contributed by atoms with Crippen molar-refractivity contribution in [3.05, 3.63) is 33.4 Å². The molecule has 0 spiro atoms. The molecule has 11 rings (SSSR count). The van der Waals surface area contributed by atoms with Gasteiger partial charge >= 0.3 is 0 Å². The van der Waals surface area contributed by atoms with Crippen LogP contribution in [0.2, 0.25) is 0 Å². The molecule has 8 amide bonds. The lowest BCUT2D eigenvalue weighted by Gasteiger charge is -2.42. The fourth-order valence-electron chi connectivity index (χ4n) is 16.3. The Morgan fingerprint density at radius 3 is 1.06 bits per heavy atom.